The Hall–Kier alpha value is -2.60. The van der Waals surface area contributed by atoms with E-state index in [4.69, 9.17) is 9.97 Å². The molecule has 0 saturated heterocycles. The summed E-state index contributed by atoms with van der Waals surface area (Å²) in [4.78, 5) is 20.6. The topological polar surface area (TPSA) is 89.2 Å². The molecule has 2 fully saturated rings. The summed E-state index contributed by atoms with van der Waals surface area (Å²) in [5.41, 5.74) is 6.32. The van der Waals surface area contributed by atoms with Gasteiger partial charge in [-0.15, -0.1) is 0 Å². The zero-order valence-corrected chi connectivity index (χ0v) is 20.3. The number of nitro groups is 1. The van der Waals surface area contributed by atoms with Gasteiger partial charge in [-0.3, -0.25) is 10.1 Å². The summed E-state index contributed by atoms with van der Waals surface area (Å²) in [5, 5.41) is 21.3. The fourth-order valence-electron chi connectivity index (χ4n) is 8.24. The molecule has 6 atom stereocenters. The van der Waals surface area contributed by atoms with E-state index in [1.807, 2.05) is 0 Å². The van der Waals surface area contributed by atoms with E-state index in [0.717, 1.165) is 43.4 Å². The third-order valence-corrected chi connectivity index (χ3v) is 9.95. The number of aromatic nitrogens is 2. The van der Waals surface area contributed by atoms with Gasteiger partial charge in [0.05, 0.1) is 11.0 Å². The van der Waals surface area contributed by atoms with Crippen LogP contribution in [0.2, 0.25) is 0 Å². The number of allylic oxidation sites excluding steroid dienone is 1. The van der Waals surface area contributed by atoms with Crippen LogP contribution in [0.15, 0.2) is 35.9 Å². The molecule has 178 valence electrons. The molecule has 1 heterocycles. The number of aryl methyl sites for hydroxylation is 1. The van der Waals surface area contributed by atoms with Crippen LogP contribution in [-0.2, 0) is 11.8 Å². The number of benzene rings is 1. The minimum atomic E-state index is -0.377. The molecule has 0 unspecified atom stereocenters. The van der Waals surface area contributed by atoms with E-state index in [1.165, 1.54) is 41.8 Å². The lowest BCUT2D eigenvalue weighted by Crippen LogP contribution is -2.51. The van der Waals surface area contributed by atoms with Crippen molar-refractivity contribution in [1.82, 2.24) is 9.97 Å². The van der Waals surface area contributed by atoms with Crippen LogP contribution in [-0.4, -0.2) is 26.1 Å². The number of fused-ring (bicyclic) bond motifs is 7. The number of nitrogens with zero attached hydrogens (tertiary/aromatic N) is 3. The molecular formula is C28H33N3O3. The van der Waals surface area contributed by atoms with Gasteiger partial charge in [0.15, 0.2) is 5.82 Å². The van der Waals surface area contributed by atoms with Crippen LogP contribution in [0.4, 0.5) is 5.69 Å². The maximum absolute atomic E-state index is 11.0. The Morgan fingerprint density at radius 2 is 1.76 bits per heavy atom. The fourth-order valence-corrected chi connectivity index (χ4v) is 8.24. The van der Waals surface area contributed by atoms with Gasteiger partial charge in [0.2, 0.25) is 0 Å². The smallest absolute Gasteiger partial charge is 0.269 e. The van der Waals surface area contributed by atoms with Crippen LogP contribution in [0.1, 0.15) is 69.3 Å². The number of aliphatic hydroxyl groups excluding tert-OH is 1. The molecule has 0 radical (unpaired) electrons. The number of aliphatic hydroxyl groups is 1. The van der Waals surface area contributed by atoms with Crippen molar-refractivity contribution in [3.05, 3.63) is 63.0 Å². The highest BCUT2D eigenvalue weighted by Crippen LogP contribution is 2.64. The first-order chi connectivity index (χ1) is 16.2. The summed E-state index contributed by atoms with van der Waals surface area (Å²) in [5.74, 6) is 2.54. The monoisotopic (exact) mass is 459 g/mol. The molecule has 1 aromatic carbocycles. The van der Waals surface area contributed by atoms with Crippen molar-refractivity contribution in [3.8, 4) is 11.4 Å². The predicted molar refractivity (Wildman–Crippen MR) is 130 cm³/mol. The number of non-ortho nitro benzene ring substituents is 1. The maximum Gasteiger partial charge on any atom is 0.269 e. The second-order valence-corrected chi connectivity index (χ2v) is 11.6. The van der Waals surface area contributed by atoms with E-state index < -0.39 is 0 Å². The molecule has 0 amide bonds. The summed E-state index contributed by atoms with van der Waals surface area (Å²) in [6.45, 7) is 7.01. The van der Waals surface area contributed by atoms with E-state index >= 15 is 0 Å². The van der Waals surface area contributed by atoms with Gasteiger partial charge in [-0.25, -0.2) is 9.97 Å². The SMILES string of the molecule is Cc1nc(-c2ccc([N+](=O)[O-])cc2)nc2c1[C@@]1(C)CC[C@H]3[C@@H](CC=C4C[C@@H](O)CC[C@@]43C)[C@@H]1C2. The molecular weight excluding hydrogens is 426 g/mol. The van der Waals surface area contributed by atoms with Crippen molar-refractivity contribution in [2.45, 2.75) is 77.2 Å². The van der Waals surface area contributed by atoms with Gasteiger partial charge in [-0.05, 0) is 92.6 Å². The second-order valence-electron chi connectivity index (χ2n) is 11.6. The van der Waals surface area contributed by atoms with Crippen molar-refractivity contribution in [2.75, 3.05) is 0 Å². The quantitative estimate of drug-likeness (QED) is 0.354. The molecule has 6 heteroatoms. The molecule has 4 aliphatic rings. The summed E-state index contributed by atoms with van der Waals surface area (Å²) < 4.78 is 0. The highest BCUT2D eigenvalue weighted by Gasteiger charge is 2.58. The van der Waals surface area contributed by atoms with Crippen LogP contribution < -0.4 is 0 Å². The fraction of sp³-hybridized carbons (Fsp3) is 0.571. The molecule has 0 bridgehead atoms. The zero-order chi connectivity index (χ0) is 23.8. The van der Waals surface area contributed by atoms with E-state index in [1.54, 1.807) is 12.1 Å². The van der Waals surface area contributed by atoms with E-state index in [-0.39, 0.29) is 27.5 Å². The Morgan fingerprint density at radius 3 is 2.50 bits per heavy atom. The minimum Gasteiger partial charge on any atom is -0.393 e. The highest BCUT2D eigenvalue weighted by molar-refractivity contribution is 5.59. The van der Waals surface area contributed by atoms with Gasteiger partial charge in [-0.1, -0.05) is 25.5 Å². The van der Waals surface area contributed by atoms with Gasteiger partial charge in [-0.2, -0.15) is 0 Å². The van der Waals surface area contributed by atoms with E-state index in [2.05, 4.69) is 26.8 Å². The van der Waals surface area contributed by atoms with Gasteiger partial charge in [0, 0.05) is 34.6 Å². The lowest BCUT2D eigenvalue weighted by molar-refractivity contribution is -0.384. The van der Waals surface area contributed by atoms with Crippen molar-refractivity contribution >= 4 is 5.69 Å². The van der Waals surface area contributed by atoms with Gasteiger partial charge < -0.3 is 5.11 Å². The first kappa shape index (κ1) is 21.9. The van der Waals surface area contributed by atoms with Crippen molar-refractivity contribution in [3.63, 3.8) is 0 Å². The lowest BCUT2D eigenvalue weighted by atomic mass is 9.47. The van der Waals surface area contributed by atoms with Crippen molar-refractivity contribution < 1.29 is 10.0 Å². The average molecular weight is 460 g/mol. The number of rotatable bonds is 2. The van der Waals surface area contributed by atoms with Crippen LogP contribution in [0.5, 0.6) is 0 Å². The third kappa shape index (κ3) is 3.03. The molecule has 0 aliphatic heterocycles. The van der Waals surface area contributed by atoms with Gasteiger partial charge in [0.1, 0.15) is 0 Å². The summed E-state index contributed by atoms with van der Waals surface area (Å²) in [6.07, 6.45) is 9.66. The molecule has 6 nitrogen and oxygen atoms in total. The van der Waals surface area contributed by atoms with Gasteiger partial charge in [0.25, 0.3) is 5.69 Å². The number of nitro benzene ring substituents is 1. The standard InChI is InChI=1S/C28H33N3O3/c1-16-25-24(30-26(29-16)17-4-7-19(8-5-17)31(33)34)15-23-21-9-6-18-14-20(32)10-12-27(18,2)22(21)11-13-28(23,25)3/h4-8,20-23,32H,9-15H2,1-3H3/t20-,21+,22-,23-,27-,28-/m0/s1. The molecule has 1 N–H and O–H groups in total. The zero-order valence-electron chi connectivity index (χ0n) is 20.3. The minimum absolute atomic E-state index is 0.0830. The van der Waals surface area contributed by atoms with Crippen LogP contribution in [0.25, 0.3) is 11.4 Å². The molecule has 0 spiro atoms. The first-order valence-corrected chi connectivity index (χ1v) is 12.7. The number of hydrogen-bond donors (Lipinski definition) is 1. The molecule has 1 aromatic heterocycles. The highest BCUT2D eigenvalue weighted by atomic mass is 16.6. The Morgan fingerprint density at radius 1 is 1.03 bits per heavy atom. The normalized spacial score (nSPS) is 36.1. The Labute approximate surface area is 200 Å². The third-order valence-electron chi connectivity index (χ3n) is 9.95. The summed E-state index contributed by atoms with van der Waals surface area (Å²) in [7, 11) is 0. The van der Waals surface area contributed by atoms with E-state index in [9.17, 15) is 15.2 Å². The van der Waals surface area contributed by atoms with Crippen molar-refractivity contribution in [1.29, 1.82) is 0 Å². The van der Waals surface area contributed by atoms with Crippen LogP contribution in [0, 0.1) is 40.2 Å². The summed E-state index contributed by atoms with van der Waals surface area (Å²) >= 11 is 0. The van der Waals surface area contributed by atoms with Crippen molar-refractivity contribution in [2.24, 2.45) is 23.2 Å². The van der Waals surface area contributed by atoms with Crippen LogP contribution in [0.3, 0.4) is 0 Å². The average Bonchev–Trinajstić information content (AvgIpc) is 3.12. The number of hydrogen-bond acceptors (Lipinski definition) is 5. The lowest BCUT2D eigenvalue weighted by Gasteiger charge is -2.57. The van der Waals surface area contributed by atoms with Crippen LogP contribution >= 0.6 is 0 Å². The van der Waals surface area contributed by atoms with E-state index in [0.29, 0.717) is 23.6 Å². The Bertz CT molecular complexity index is 1210. The molecule has 2 aromatic rings. The largest absolute Gasteiger partial charge is 0.393 e. The first-order valence-electron chi connectivity index (χ1n) is 12.7. The Balaban J connectivity index is 1.36. The Kier molecular flexibility index (Phi) is 4.80. The molecule has 2 saturated carbocycles. The van der Waals surface area contributed by atoms with Gasteiger partial charge >= 0.3 is 0 Å². The molecule has 4 aliphatic carbocycles. The molecule has 6 rings (SSSR count). The second kappa shape index (κ2) is 7.45. The molecule has 34 heavy (non-hydrogen) atoms. The predicted octanol–water partition coefficient (Wildman–Crippen LogP) is 5.70. The summed E-state index contributed by atoms with van der Waals surface area (Å²) in [6, 6.07) is 6.57. The maximum atomic E-state index is 11.0.